The largest absolute Gasteiger partial charge is 0.340 e. The predicted molar refractivity (Wildman–Crippen MR) is 56.4 cm³/mol. The van der Waals surface area contributed by atoms with Gasteiger partial charge in [-0.2, -0.15) is 0 Å². The van der Waals surface area contributed by atoms with Gasteiger partial charge in [-0.05, 0) is 19.8 Å². The summed E-state index contributed by atoms with van der Waals surface area (Å²) < 4.78 is 0. The Morgan fingerprint density at radius 2 is 1.87 bits per heavy atom. The lowest BCUT2D eigenvalue weighted by atomic mass is 9.91. The van der Waals surface area contributed by atoms with E-state index >= 15 is 0 Å². The molecule has 3 saturated heterocycles. The van der Waals surface area contributed by atoms with Crippen LogP contribution in [0.4, 0.5) is 0 Å². The van der Waals surface area contributed by atoms with Gasteiger partial charge in [0.25, 0.3) is 0 Å². The highest BCUT2D eigenvalue weighted by Crippen LogP contribution is 2.21. The molecule has 3 aliphatic rings. The average Bonchev–Trinajstić information content (AvgIpc) is 2.16. The molecule has 4 heteroatoms. The van der Waals surface area contributed by atoms with Crippen molar-refractivity contribution in [3.63, 3.8) is 0 Å². The first-order valence-corrected chi connectivity index (χ1v) is 5.68. The number of amides is 1. The van der Waals surface area contributed by atoms with E-state index in [1.165, 1.54) is 6.42 Å². The number of carbonyl (C=O) groups is 2. The number of hydrogen-bond donors (Lipinski definition) is 1. The molecule has 2 atom stereocenters. The van der Waals surface area contributed by atoms with Crippen molar-refractivity contribution in [2.24, 2.45) is 0 Å². The zero-order valence-corrected chi connectivity index (χ0v) is 9.16. The van der Waals surface area contributed by atoms with E-state index in [0.717, 1.165) is 13.1 Å². The fourth-order valence-corrected chi connectivity index (χ4v) is 2.36. The molecule has 4 nitrogen and oxygen atoms in total. The quantitative estimate of drug-likeness (QED) is 0.727. The Labute approximate surface area is 90.0 Å². The summed E-state index contributed by atoms with van der Waals surface area (Å²) in [5, 5.41) is 3.39. The monoisotopic (exact) mass is 210 g/mol. The number of ketones is 1. The van der Waals surface area contributed by atoms with Gasteiger partial charge in [0, 0.05) is 38.0 Å². The number of fused-ring (bicyclic) bond motifs is 2. The van der Waals surface area contributed by atoms with E-state index in [1.807, 2.05) is 4.90 Å². The predicted octanol–water partition coefficient (Wildman–Crippen LogP) is 0.318. The molecule has 3 fully saturated rings. The van der Waals surface area contributed by atoms with E-state index in [9.17, 15) is 9.59 Å². The van der Waals surface area contributed by atoms with Crippen molar-refractivity contribution < 1.29 is 9.59 Å². The van der Waals surface area contributed by atoms with E-state index in [4.69, 9.17) is 0 Å². The lowest BCUT2D eigenvalue weighted by Gasteiger charge is -2.48. The molecule has 0 aliphatic carbocycles. The first kappa shape index (κ1) is 10.6. The van der Waals surface area contributed by atoms with E-state index in [0.29, 0.717) is 31.3 Å². The Kier molecular flexibility index (Phi) is 3.05. The van der Waals surface area contributed by atoms with Gasteiger partial charge in [0.2, 0.25) is 5.91 Å². The first-order chi connectivity index (χ1) is 7.15. The van der Waals surface area contributed by atoms with Gasteiger partial charge in [0.05, 0.1) is 0 Å². The number of piperidine rings is 1. The summed E-state index contributed by atoms with van der Waals surface area (Å²) in [6.07, 6.45) is 2.98. The van der Waals surface area contributed by atoms with Crippen LogP contribution >= 0.6 is 0 Å². The highest BCUT2D eigenvalue weighted by Gasteiger charge is 2.37. The molecule has 3 aliphatic heterocycles. The summed E-state index contributed by atoms with van der Waals surface area (Å²) in [5.74, 6) is 0.387. The minimum atomic E-state index is 0.172. The topological polar surface area (TPSA) is 49.4 Å². The molecule has 84 valence electrons. The van der Waals surface area contributed by atoms with Gasteiger partial charge < -0.3 is 15.0 Å². The number of rotatable bonds is 4. The standard InChI is InChI=1S/C11H18N2O2/c1-8(14)3-2-4-11(15)13-6-9-5-10(7-13)12-9/h9-10,12H,2-7H2,1H3. The molecule has 0 aromatic heterocycles. The first-order valence-electron chi connectivity index (χ1n) is 5.68. The Balaban J connectivity index is 1.69. The van der Waals surface area contributed by atoms with Gasteiger partial charge in [0.15, 0.2) is 0 Å². The normalized spacial score (nSPS) is 28.5. The highest BCUT2D eigenvalue weighted by atomic mass is 16.2. The maximum absolute atomic E-state index is 11.7. The molecule has 0 saturated carbocycles. The third-order valence-corrected chi connectivity index (χ3v) is 3.19. The van der Waals surface area contributed by atoms with E-state index in [1.54, 1.807) is 6.92 Å². The summed E-state index contributed by atoms with van der Waals surface area (Å²) in [7, 11) is 0. The Bertz CT molecular complexity index is 262. The second-order valence-corrected chi connectivity index (χ2v) is 4.65. The third-order valence-electron chi connectivity index (χ3n) is 3.19. The molecule has 2 unspecified atom stereocenters. The lowest BCUT2D eigenvalue weighted by molar-refractivity contribution is -0.135. The molecule has 2 bridgehead atoms. The van der Waals surface area contributed by atoms with Crippen LogP contribution in [-0.2, 0) is 9.59 Å². The van der Waals surface area contributed by atoms with Crippen LogP contribution in [-0.4, -0.2) is 41.8 Å². The van der Waals surface area contributed by atoms with Crippen LogP contribution in [0.2, 0.25) is 0 Å². The molecule has 0 aromatic carbocycles. The molecule has 15 heavy (non-hydrogen) atoms. The average molecular weight is 210 g/mol. The van der Waals surface area contributed by atoms with Gasteiger partial charge in [-0.3, -0.25) is 4.79 Å². The Hall–Kier alpha value is -0.900. The second-order valence-electron chi connectivity index (χ2n) is 4.65. The van der Waals surface area contributed by atoms with Gasteiger partial charge in [-0.1, -0.05) is 0 Å². The van der Waals surface area contributed by atoms with Crippen molar-refractivity contribution >= 4 is 11.7 Å². The van der Waals surface area contributed by atoms with Crippen LogP contribution in [0.3, 0.4) is 0 Å². The van der Waals surface area contributed by atoms with Crippen molar-refractivity contribution in [3.05, 3.63) is 0 Å². The molecule has 0 radical (unpaired) electrons. The summed E-state index contributed by atoms with van der Waals surface area (Å²) in [6.45, 7) is 3.29. The smallest absolute Gasteiger partial charge is 0.222 e. The summed E-state index contributed by atoms with van der Waals surface area (Å²) in [4.78, 5) is 24.4. The zero-order valence-electron chi connectivity index (χ0n) is 9.16. The number of piperazine rings is 1. The van der Waals surface area contributed by atoms with E-state index in [-0.39, 0.29) is 11.7 Å². The summed E-state index contributed by atoms with van der Waals surface area (Å²) in [6, 6.07) is 1.06. The number of nitrogens with zero attached hydrogens (tertiary/aromatic N) is 1. The molecule has 0 spiro atoms. The number of hydrogen-bond acceptors (Lipinski definition) is 3. The van der Waals surface area contributed by atoms with Crippen LogP contribution in [0.1, 0.15) is 32.6 Å². The molecule has 1 N–H and O–H groups in total. The molecule has 3 rings (SSSR count). The summed E-state index contributed by atoms with van der Waals surface area (Å²) in [5.41, 5.74) is 0. The van der Waals surface area contributed by atoms with Gasteiger partial charge >= 0.3 is 0 Å². The highest BCUT2D eigenvalue weighted by molar-refractivity contribution is 5.79. The maximum Gasteiger partial charge on any atom is 0.222 e. The SMILES string of the molecule is CC(=O)CCCC(=O)N1CC2CC(C1)N2. The molecule has 3 heterocycles. The fourth-order valence-electron chi connectivity index (χ4n) is 2.36. The fraction of sp³-hybridized carbons (Fsp3) is 0.818. The van der Waals surface area contributed by atoms with E-state index < -0.39 is 0 Å². The van der Waals surface area contributed by atoms with Crippen molar-refractivity contribution in [2.75, 3.05) is 13.1 Å². The maximum atomic E-state index is 11.7. The van der Waals surface area contributed by atoms with Gasteiger partial charge in [-0.15, -0.1) is 0 Å². The van der Waals surface area contributed by atoms with Crippen LogP contribution < -0.4 is 5.32 Å². The molecular weight excluding hydrogens is 192 g/mol. The number of carbonyl (C=O) groups excluding carboxylic acids is 2. The Morgan fingerprint density at radius 3 is 2.40 bits per heavy atom. The van der Waals surface area contributed by atoms with Crippen molar-refractivity contribution in [3.8, 4) is 0 Å². The van der Waals surface area contributed by atoms with E-state index in [2.05, 4.69) is 5.32 Å². The van der Waals surface area contributed by atoms with Crippen molar-refractivity contribution in [2.45, 2.75) is 44.7 Å². The van der Waals surface area contributed by atoms with Crippen LogP contribution in [0.25, 0.3) is 0 Å². The third kappa shape index (κ3) is 2.56. The zero-order chi connectivity index (χ0) is 10.8. The van der Waals surface area contributed by atoms with Crippen molar-refractivity contribution in [1.82, 2.24) is 10.2 Å². The number of Topliss-reactive ketones (excluding diaryl/α,β-unsaturated/α-hetero) is 1. The minimum absolute atomic E-state index is 0.172. The van der Waals surface area contributed by atoms with Crippen LogP contribution in [0, 0.1) is 0 Å². The van der Waals surface area contributed by atoms with Crippen molar-refractivity contribution in [1.29, 1.82) is 0 Å². The summed E-state index contributed by atoms with van der Waals surface area (Å²) >= 11 is 0. The molecular formula is C11H18N2O2. The van der Waals surface area contributed by atoms with Gasteiger partial charge in [-0.25, -0.2) is 0 Å². The lowest BCUT2D eigenvalue weighted by Crippen LogP contribution is -2.67. The van der Waals surface area contributed by atoms with Crippen LogP contribution in [0.5, 0.6) is 0 Å². The second kappa shape index (κ2) is 4.31. The van der Waals surface area contributed by atoms with Crippen LogP contribution in [0.15, 0.2) is 0 Å². The van der Waals surface area contributed by atoms with Gasteiger partial charge in [0.1, 0.15) is 5.78 Å². The minimum Gasteiger partial charge on any atom is -0.340 e. The number of nitrogens with one attached hydrogen (secondary N) is 1. The Morgan fingerprint density at radius 1 is 1.27 bits per heavy atom. The molecule has 0 aromatic rings. The molecule has 1 amide bonds.